The molecule has 1 N–H and O–H groups in total. The van der Waals surface area contributed by atoms with Gasteiger partial charge in [-0.25, -0.2) is 4.98 Å². The predicted octanol–water partition coefficient (Wildman–Crippen LogP) is 2.32. The highest BCUT2D eigenvalue weighted by Crippen LogP contribution is 2.29. The van der Waals surface area contributed by atoms with Crippen molar-refractivity contribution in [3.05, 3.63) is 40.6 Å². The van der Waals surface area contributed by atoms with Crippen LogP contribution in [0.4, 0.5) is 0 Å². The van der Waals surface area contributed by atoms with Crippen molar-refractivity contribution in [1.29, 1.82) is 0 Å². The largest absolute Gasteiger partial charge is 0.336 e. The van der Waals surface area contributed by atoms with Crippen LogP contribution in [-0.4, -0.2) is 15.6 Å². The number of rotatable bonds is 4. The molecule has 1 fully saturated rings. The van der Waals surface area contributed by atoms with Crippen LogP contribution >= 0.6 is 11.3 Å². The molecule has 1 saturated carbocycles. The Labute approximate surface area is 99.1 Å². The second-order valence-electron chi connectivity index (χ2n) is 4.29. The van der Waals surface area contributed by atoms with Gasteiger partial charge in [0.2, 0.25) is 0 Å². The zero-order chi connectivity index (χ0) is 11.0. The van der Waals surface area contributed by atoms with E-state index in [9.17, 15) is 0 Å². The van der Waals surface area contributed by atoms with Crippen molar-refractivity contribution in [2.75, 3.05) is 0 Å². The first kappa shape index (κ1) is 10.1. The molecule has 0 bridgehead atoms. The molecule has 1 atom stereocenters. The number of nitrogens with zero attached hydrogens (tertiary/aromatic N) is 2. The number of hydrogen-bond donors (Lipinski definition) is 1. The van der Waals surface area contributed by atoms with Crippen molar-refractivity contribution < 1.29 is 0 Å². The Bertz CT molecular complexity index is 456. The maximum atomic E-state index is 4.46. The van der Waals surface area contributed by atoms with Crippen LogP contribution in [0.1, 0.15) is 29.6 Å². The van der Waals surface area contributed by atoms with Gasteiger partial charge in [0, 0.05) is 30.4 Å². The molecule has 2 aromatic heterocycles. The Morgan fingerprint density at radius 3 is 3.00 bits per heavy atom. The Hall–Kier alpha value is -1.13. The number of thiophene rings is 1. The average molecular weight is 233 g/mol. The highest BCUT2D eigenvalue weighted by atomic mass is 32.1. The maximum absolute atomic E-state index is 4.46. The van der Waals surface area contributed by atoms with Gasteiger partial charge in [0.1, 0.15) is 11.9 Å². The SMILES string of the molecule is Cn1ccnc1C(NC1CC1)c1cccs1. The third-order valence-corrected chi connectivity index (χ3v) is 3.86. The molecule has 4 heteroatoms. The Morgan fingerprint density at radius 1 is 1.56 bits per heavy atom. The summed E-state index contributed by atoms with van der Waals surface area (Å²) in [6.07, 6.45) is 6.47. The monoisotopic (exact) mass is 233 g/mol. The van der Waals surface area contributed by atoms with Gasteiger partial charge in [0.25, 0.3) is 0 Å². The highest BCUT2D eigenvalue weighted by Gasteiger charge is 2.28. The van der Waals surface area contributed by atoms with Crippen LogP contribution in [0, 0.1) is 0 Å². The molecular formula is C12H15N3S. The average Bonchev–Trinajstić information content (AvgIpc) is 2.80. The summed E-state index contributed by atoms with van der Waals surface area (Å²) in [7, 11) is 2.05. The lowest BCUT2D eigenvalue weighted by atomic mass is 10.2. The Kier molecular flexibility index (Phi) is 2.53. The van der Waals surface area contributed by atoms with E-state index in [2.05, 4.69) is 39.4 Å². The fourth-order valence-electron chi connectivity index (χ4n) is 1.88. The van der Waals surface area contributed by atoms with Crippen molar-refractivity contribution >= 4 is 11.3 Å². The molecule has 84 valence electrons. The molecule has 0 amide bonds. The minimum absolute atomic E-state index is 0.257. The van der Waals surface area contributed by atoms with E-state index >= 15 is 0 Å². The van der Waals surface area contributed by atoms with Crippen molar-refractivity contribution in [3.63, 3.8) is 0 Å². The number of imidazole rings is 1. The molecule has 1 unspecified atom stereocenters. The molecule has 16 heavy (non-hydrogen) atoms. The van der Waals surface area contributed by atoms with E-state index in [-0.39, 0.29) is 6.04 Å². The van der Waals surface area contributed by atoms with E-state index in [0.717, 1.165) is 5.82 Å². The van der Waals surface area contributed by atoms with Crippen LogP contribution in [0.3, 0.4) is 0 Å². The first-order valence-corrected chi connectivity index (χ1v) is 6.49. The normalized spacial score (nSPS) is 17.6. The van der Waals surface area contributed by atoms with Crippen LogP contribution in [0.15, 0.2) is 29.9 Å². The third-order valence-electron chi connectivity index (χ3n) is 2.92. The molecule has 0 aromatic carbocycles. The van der Waals surface area contributed by atoms with Gasteiger partial charge in [0.15, 0.2) is 0 Å². The van der Waals surface area contributed by atoms with Crippen LogP contribution < -0.4 is 5.32 Å². The van der Waals surface area contributed by atoms with Gasteiger partial charge in [-0.3, -0.25) is 0 Å². The fourth-order valence-corrected chi connectivity index (χ4v) is 2.66. The van der Waals surface area contributed by atoms with E-state index < -0.39 is 0 Å². The van der Waals surface area contributed by atoms with Crippen molar-refractivity contribution in [1.82, 2.24) is 14.9 Å². The van der Waals surface area contributed by atoms with Crippen LogP contribution in [0.2, 0.25) is 0 Å². The molecule has 2 heterocycles. The summed E-state index contributed by atoms with van der Waals surface area (Å²) in [4.78, 5) is 5.81. The number of hydrogen-bond acceptors (Lipinski definition) is 3. The van der Waals surface area contributed by atoms with Gasteiger partial charge in [-0.15, -0.1) is 11.3 Å². The number of aryl methyl sites for hydroxylation is 1. The lowest BCUT2D eigenvalue weighted by Gasteiger charge is -2.16. The summed E-state index contributed by atoms with van der Waals surface area (Å²) in [5.74, 6) is 1.11. The maximum Gasteiger partial charge on any atom is 0.131 e. The smallest absolute Gasteiger partial charge is 0.131 e. The minimum atomic E-state index is 0.257. The first-order valence-electron chi connectivity index (χ1n) is 5.61. The van der Waals surface area contributed by atoms with E-state index in [4.69, 9.17) is 0 Å². The summed E-state index contributed by atoms with van der Waals surface area (Å²) < 4.78 is 2.10. The van der Waals surface area contributed by atoms with Gasteiger partial charge < -0.3 is 9.88 Å². The van der Waals surface area contributed by atoms with Crippen LogP contribution in [0.5, 0.6) is 0 Å². The van der Waals surface area contributed by atoms with Gasteiger partial charge >= 0.3 is 0 Å². The summed E-state index contributed by atoms with van der Waals surface area (Å²) in [5.41, 5.74) is 0. The van der Waals surface area contributed by atoms with E-state index in [1.165, 1.54) is 17.7 Å². The second kappa shape index (κ2) is 4.03. The van der Waals surface area contributed by atoms with Crippen molar-refractivity contribution in [2.24, 2.45) is 7.05 Å². The molecule has 3 nitrogen and oxygen atoms in total. The molecule has 0 spiro atoms. The minimum Gasteiger partial charge on any atom is -0.336 e. The Morgan fingerprint density at radius 2 is 2.44 bits per heavy atom. The zero-order valence-corrected chi connectivity index (χ0v) is 10.1. The molecule has 3 rings (SSSR count). The van der Waals surface area contributed by atoms with E-state index in [0.29, 0.717) is 6.04 Å². The molecule has 0 radical (unpaired) electrons. The topological polar surface area (TPSA) is 29.9 Å². The summed E-state index contributed by atoms with van der Waals surface area (Å²) in [6.45, 7) is 0. The zero-order valence-electron chi connectivity index (χ0n) is 9.26. The second-order valence-corrected chi connectivity index (χ2v) is 5.26. The number of aromatic nitrogens is 2. The molecule has 1 aliphatic rings. The van der Waals surface area contributed by atoms with E-state index in [1.807, 2.05) is 12.4 Å². The van der Waals surface area contributed by atoms with Gasteiger partial charge in [-0.1, -0.05) is 6.07 Å². The third kappa shape index (κ3) is 1.90. The predicted molar refractivity (Wildman–Crippen MR) is 65.5 cm³/mol. The fraction of sp³-hybridized carbons (Fsp3) is 0.417. The highest BCUT2D eigenvalue weighted by molar-refractivity contribution is 7.10. The summed E-state index contributed by atoms with van der Waals surface area (Å²) >= 11 is 1.79. The van der Waals surface area contributed by atoms with Gasteiger partial charge in [-0.05, 0) is 24.3 Å². The van der Waals surface area contributed by atoms with Crippen LogP contribution in [-0.2, 0) is 7.05 Å². The Balaban J connectivity index is 1.92. The molecule has 2 aromatic rings. The lowest BCUT2D eigenvalue weighted by molar-refractivity contribution is 0.562. The van der Waals surface area contributed by atoms with E-state index in [1.54, 1.807) is 11.3 Å². The van der Waals surface area contributed by atoms with Crippen molar-refractivity contribution in [3.8, 4) is 0 Å². The van der Waals surface area contributed by atoms with Gasteiger partial charge in [-0.2, -0.15) is 0 Å². The lowest BCUT2D eigenvalue weighted by Crippen LogP contribution is -2.26. The quantitative estimate of drug-likeness (QED) is 0.878. The van der Waals surface area contributed by atoms with Crippen molar-refractivity contribution in [2.45, 2.75) is 24.9 Å². The summed E-state index contributed by atoms with van der Waals surface area (Å²) in [5, 5.41) is 5.79. The van der Waals surface area contributed by atoms with Gasteiger partial charge in [0.05, 0.1) is 0 Å². The molecule has 0 saturated heterocycles. The standard InChI is InChI=1S/C12H15N3S/c1-15-7-6-13-12(15)11(14-9-4-5-9)10-3-2-8-16-10/h2-3,6-9,11,14H,4-5H2,1H3. The summed E-state index contributed by atoms with van der Waals surface area (Å²) in [6, 6.07) is 5.22. The first-order chi connectivity index (χ1) is 7.84. The number of nitrogens with one attached hydrogen (secondary N) is 1. The molecule has 0 aliphatic heterocycles. The molecule has 1 aliphatic carbocycles. The van der Waals surface area contributed by atoms with Crippen LogP contribution in [0.25, 0.3) is 0 Å². The molecular weight excluding hydrogens is 218 g/mol.